The van der Waals surface area contributed by atoms with Crippen LogP contribution in [0.2, 0.25) is 0 Å². The van der Waals surface area contributed by atoms with Crippen molar-refractivity contribution in [2.75, 3.05) is 13.2 Å². The third-order valence-corrected chi connectivity index (χ3v) is 3.79. The van der Waals surface area contributed by atoms with Crippen LogP contribution in [-0.4, -0.2) is 39.3 Å². The summed E-state index contributed by atoms with van der Waals surface area (Å²) in [5.41, 5.74) is 0. The van der Waals surface area contributed by atoms with Gasteiger partial charge >= 0.3 is 0 Å². The second-order valence-corrected chi connectivity index (χ2v) is 5.34. The summed E-state index contributed by atoms with van der Waals surface area (Å²) in [7, 11) is 0. The number of likely N-dealkylation sites (tertiary alicyclic amines) is 1. The van der Waals surface area contributed by atoms with Gasteiger partial charge in [0.2, 0.25) is 5.89 Å². The first-order chi connectivity index (χ1) is 9.33. The fourth-order valence-electron chi connectivity index (χ4n) is 2.72. The van der Waals surface area contributed by atoms with Gasteiger partial charge in [-0.2, -0.15) is 4.98 Å². The Morgan fingerprint density at radius 3 is 3.11 bits per heavy atom. The number of aliphatic hydroxyl groups is 1. The molecule has 108 valence electrons. The van der Waals surface area contributed by atoms with Crippen molar-refractivity contribution in [2.45, 2.75) is 64.5 Å². The average molecular weight is 267 g/mol. The number of aryl methyl sites for hydroxylation is 1. The topological polar surface area (TPSA) is 62.4 Å². The van der Waals surface area contributed by atoms with Gasteiger partial charge in [0.15, 0.2) is 5.82 Å². The van der Waals surface area contributed by atoms with Crippen LogP contribution in [0.5, 0.6) is 0 Å². The van der Waals surface area contributed by atoms with Crippen LogP contribution in [0.25, 0.3) is 0 Å². The molecule has 0 radical (unpaired) electrons. The zero-order chi connectivity index (χ0) is 13.5. The lowest BCUT2D eigenvalue weighted by molar-refractivity contribution is 0.204. The van der Waals surface area contributed by atoms with Crippen LogP contribution < -0.4 is 0 Å². The number of aliphatic hydroxyl groups excluding tert-OH is 1. The first-order valence-electron chi connectivity index (χ1n) is 7.50. The van der Waals surface area contributed by atoms with Gasteiger partial charge in [-0.05, 0) is 38.6 Å². The first-order valence-corrected chi connectivity index (χ1v) is 7.50. The number of hydrogen-bond donors (Lipinski definition) is 1. The van der Waals surface area contributed by atoms with Crippen molar-refractivity contribution >= 4 is 0 Å². The lowest BCUT2D eigenvalue weighted by Crippen LogP contribution is -2.29. The molecule has 1 unspecified atom stereocenters. The Labute approximate surface area is 115 Å². The third-order valence-electron chi connectivity index (χ3n) is 3.79. The summed E-state index contributed by atoms with van der Waals surface area (Å²) in [4.78, 5) is 6.88. The van der Waals surface area contributed by atoms with Crippen molar-refractivity contribution in [2.24, 2.45) is 0 Å². The van der Waals surface area contributed by atoms with Crippen LogP contribution >= 0.6 is 0 Å². The molecule has 1 aliphatic heterocycles. The maximum atomic E-state index is 8.93. The van der Waals surface area contributed by atoms with Gasteiger partial charge in [0.1, 0.15) is 0 Å². The van der Waals surface area contributed by atoms with E-state index < -0.39 is 0 Å². The SMILES string of the molecule is CCCCc1nc(CN2CCCC2CCCO)no1. The molecule has 2 rings (SSSR count). The van der Waals surface area contributed by atoms with Crippen molar-refractivity contribution < 1.29 is 9.63 Å². The van der Waals surface area contributed by atoms with E-state index in [-0.39, 0.29) is 6.61 Å². The molecule has 2 heterocycles. The summed E-state index contributed by atoms with van der Waals surface area (Å²) in [6, 6.07) is 0.574. The van der Waals surface area contributed by atoms with E-state index in [0.29, 0.717) is 6.04 Å². The highest BCUT2D eigenvalue weighted by Crippen LogP contribution is 2.22. The Morgan fingerprint density at radius 2 is 2.32 bits per heavy atom. The highest BCUT2D eigenvalue weighted by molar-refractivity contribution is 4.89. The molecule has 1 N–H and O–H groups in total. The summed E-state index contributed by atoms with van der Waals surface area (Å²) in [6.45, 7) is 4.33. The van der Waals surface area contributed by atoms with Crippen molar-refractivity contribution in [1.29, 1.82) is 0 Å². The van der Waals surface area contributed by atoms with Gasteiger partial charge in [-0.25, -0.2) is 0 Å². The molecule has 1 saturated heterocycles. The molecule has 0 spiro atoms. The molecule has 1 atom stereocenters. The number of nitrogens with zero attached hydrogens (tertiary/aromatic N) is 3. The molecule has 0 bridgehead atoms. The molecule has 19 heavy (non-hydrogen) atoms. The maximum absolute atomic E-state index is 8.93. The Bertz CT molecular complexity index is 367. The maximum Gasteiger partial charge on any atom is 0.226 e. The van der Waals surface area contributed by atoms with Gasteiger partial charge in [-0.15, -0.1) is 0 Å². The molecule has 0 aromatic carbocycles. The Kier molecular flexibility index (Phi) is 5.79. The lowest BCUT2D eigenvalue weighted by atomic mass is 10.1. The summed E-state index contributed by atoms with van der Waals surface area (Å²) >= 11 is 0. The number of aromatic nitrogens is 2. The highest BCUT2D eigenvalue weighted by atomic mass is 16.5. The summed E-state index contributed by atoms with van der Waals surface area (Å²) in [6.07, 6.45) is 7.54. The van der Waals surface area contributed by atoms with Crippen LogP contribution in [0.3, 0.4) is 0 Å². The minimum absolute atomic E-state index is 0.285. The van der Waals surface area contributed by atoms with Crippen molar-refractivity contribution in [1.82, 2.24) is 15.0 Å². The largest absolute Gasteiger partial charge is 0.396 e. The average Bonchev–Trinajstić information content (AvgIpc) is 3.04. The zero-order valence-corrected chi connectivity index (χ0v) is 11.8. The number of unbranched alkanes of at least 4 members (excludes halogenated alkanes) is 1. The normalized spacial score (nSPS) is 20.2. The van der Waals surface area contributed by atoms with E-state index in [2.05, 4.69) is 22.0 Å². The molecule has 1 fully saturated rings. The molecular formula is C14H25N3O2. The molecular weight excluding hydrogens is 242 g/mol. The summed E-state index contributed by atoms with van der Waals surface area (Å²) in [5.74, 6) is 1.57. The van der Waals surface area contributed by atoms with Crippen LogP contribution in [0.4, 0.5) is 0 Å². The summed E-state index contributed by atoms with van der Waals surface area (Å²) in [5, 5.41) is 13.0. The standard InChI is InChI=1S/C14H25N3O2/c1-2-3-8-14-15-13(16-19-14)11-17-9-4-6-12(17)7-5-10-18/h12,18H,2-11H2,1H3. The molecule has 1 aliphatic rings. The molecule has 0 aliphatic carbocycles. The van der Waals surface area contributed by atoms with E-state index >= 15 is 0 Å². The lowest BCUT2D eigenvalue weighted by Gasteiger charge is -2.22. The molecule has 5 heteroatoms. The van der Waals surface area contributed by atoms with E-state index in [1.807, 2.05) is 0 Å². The van der Waals surface area contributed by atoms with Crippen molar-refractivity contribution in [3.05, 3.63) is 11.7 Å². The van der Waals surface area contributed by atoms with E-state index in [9.17, 15) is 0 Å². The van der Waals surface area contributed by atoms with Crippen LogP contribution in [-0.2, 0) is 13.0 Å². The third kappa shape index (κ3) is 4.28. The minimum atomic E-state index is 0.285. The van der Waals surface area contributed by atoms with Crippen molar-refractivity contribution in [3.63, 3.8) is 0 Å². The minimum Gasteiger partial charge on any atom is -0.396 e. The number of hydrogen-bond acceptors (Lipinski definition) is 5. The first kappa shape index (κ1) is 14.5. The molecule has 1 aromatic heterocycles. The van der Waals surface area contributed by atoms with Gasteiger partial charge in [0, 0.05) is 19.1 Å². The van der Waals surface area contributed by atoms with Crippen LogP contribution in [0.15, 0.2) is 4.52 Å². The predicted molar refractivity (Wildman–Crippen MR) is 72.7 cm³/mol. The van der Waals surface area contributed by atoms with E-state index in [1.54, 1.807) is 0 Å². The van der Waals surface area contributed by atoms with Crippen LogP contribution in [0.1, 0.15) is 57.2 Å². The van der Waals surface area contributed by atoms with E-state index in [1.165, 1.54) is 12.8 Å². The summed E-state index contributed by atoms with van der Waals surface area (Å²) < 4.78 is 5.27. The Balaban J connectivity index is 1.83. The zero-order valence-electron chi connectivity index (χ0n) is 11.8. The van der Waals surface area contributed by atoms with E-state index in [4.69, 9.17) is 9.63 Å². The molecule has 1 aromatic rings. The predicted octanol–water partition coefficient (Wildman–Crippen LogP) is 2.15. The monoisotopic (exact) mass is 267 g/mol. The second kappa shape index (κ2) is 7.60. The molecule has 5 nitrogen and oxygen atoms in total. The Hall–Kier alpha value is -0.940. The smallest absolute Gasteiger partial charge is 0.226 e. The van der Waals surface area contributed by atoms with Crippen LogP contribution in [0, 0.1) is 0 Å². The molecule has 0 amide bonds. The highest BCUT2D eigenvalue weighted by Gasteiger charge is 2.25. The fraction of sp³-hybridized carbons (Fsp3) is 0.857. The second-order valence-electron chi connectivity index (χ2n) is 5.34. The van der Waals surface area contributed by atoms with Gasteiger partial charge in [-0.1, -0.05) is 18.5 Å². The van der Waals surface area contributed by atoms with Gasteiger partial charge < -0.3 is 9.63 Å². The molecule has 0 saturated carbocycles. The number of rotatable bonds is 8. The van der Waals surface area contributed by atoms with Gasteiger partial charge in [0.25, 0.3) is 0 Å². The Morgan fingerprint density at radius 1 is 1.42 bits per heavy atom. The van der Waals surface area contributed by atoms with E-state index in [0.717, 1.165) is 56.9 Å². The van der Waals surface area contributed by atoms with Gasteiger partial charge in [-0.3, -0.25) is 4.90 Å². The fourth-order valence-corrected chi connectivity index (χ4v) is 2.72. The van der Waals surface area contributed by atoms with Gasteiger partial charge in [0.05, 0.1) is 6.54 Å². The van der Waals surface area contributed by atoms with Crippen molar-refractivity contribution in [3.8, 4) is 0 Å². The quantitative estimate of drug-likeness (QED) is 0.782.